The van der Waals surface area contributed by atoms with Crippen LogP contribution in [0.5, 0.6) is 5.75 Å². The average Bonchev–Trinajstić information content (AvgIpc) is 2.84. The fraction of sp³-hybridized carbons (Fsp3) is 0.367. The van der Waals surface area contributed by atoms with Gasteiger partial charge in [0.05, 0.1) is 10.9 Å². The molecule has 0 aromatic heterocycles. The lowest BCUT2D eigenvalue weighted by Crippen LogP contribution is -2.40. The molecule has 0 fully saturated rings. The van der Waals surface area contributed by atoms with Crippen LogP contribution in [-0.2, 0) is 20.4 Å². The van der Waals surface area contributed by atoms with Crippen LogP contribution in [0.3, 0.4) is 0 Å². The molecule has 0 spiro atoms. The van der Waals surface area contributed by atoms with Crippen molar-refractivity contribution in [3.05, 3.63) is 83.9 Å². The maximum atomic E-state index is 12.6. The molecule has 3 aromatic rings. The third kappa shape index (κ3) is 6.24. The predicted octanol–water partition coefficient (Wildman–Crippen LogP) is 7.54. The van der Waals surface area contributed by atoms with E-state index in [0.717, 1.165) is 17.7 Å². The highest BCUT2D eigenvalue weighted by Crippen LogP contribution is 2.34. The van der Waals surface area contributed by atoms with Gasteiger partial charge in [-0.25, -0.2) is 4.79 Å². The molecule has 0 atom stereocenters. The SMILES string of the molecule is CCC(CC)(OC(=O)COc1cccc([S+](c2ccc(C)cc2)c2ccc(C)cc2)c1)C(C)C. The minimum absolute atomic E-state index is 0.0965. The molecular formula is C30H37O3S+. The molecular weight excluding hydrogens is 440 g/mol. The highest BCUT2D eigenvalue weighted by atomic mass is 32.2. The van der Waals surface area contributed by atoms with Crippen molar-refractivity contribution < 1.29 is 14.3 Å². The molecule has 3 rings (SSSR count). The zero-order valence-corrected chi connectivity index (χ0v) is 22.1. The molecule has 4 heteroatoms. The third-order valence-electron chi connectivity index (χ3n) is 6.48. The normalized spacial score (nSPS) is 11.6. The highest BCUT2D eigenvalue weighted by molar-refractivity contribution is 7.97. The van der Waals surface area contributed by atoms with Crippen LogP contribution < -0.4 is 4.74 Å². The molecule has 34 heavy (non-hydrogen) atoms. The van der Waals surface area contributed by atoms with E-state index in [0.29, 0.717) is 5.75 Å². The van der Waals surface area contributed by atoms with E-state index in [9.17, 15) is 4.79 Å². The van der Waals surface area contributed by atoms with Gasteiger partial charge in [-0.2, -0.15) is 0 Å². The van der Waals surface area contributed by atoms with Gasteiger partial charge in [-0.3, -0.25) is 0 Å². The first kappa shape index (κ1) is 25.9. The van der Waals surface area contributed by atoms with Gasteiger partial charge in [0.15, 0.2) is 21.3 Å². The van der Waals surface area contributed by atoms with Gasteiger partial charge < -0.3 is 9.47 Å². The van der Waals surface area contributed by atoms with E-state index in [1.165, 1.54) is 20.9 Å². The molecule has 0 aliphatic carbocycles. The first-order valence-electron chi connectivity index (χ1n) is 12.1. The molecule has 0 aliphatic heterocycles. The number of hydrogen-bond donors (Lipinski definition) is 0. The zero-order chi connectivity index (χ0) is 24.7. The molecule has 0 radical (unpaired) electrons. The maximum Gasteiger partial charge on any atom is 0.344 e. The van der Waals surface area contributed by atoms with Crippen LogP contribution >= 0.6 is 0 Å². The first-order valence-corrected chi connectivity index (χ1v) is 13.3. The molecule has 0 saturated carbocycles. The third-order valence-corrected chi connectivity index (χ3v) is 8.69. The smallest absolute Gasteiger partial charge is 0.344 e. The summed E-state index contributed by atoms with van der Waals surface area (Å²) in [6, 6.07) is 25.5. The summed E-state index contributed by atoms with van der Waals surface area (Å²) in [5, 5.41) is 0. The Morgan fingerprint density at radius 2 is 1.35 bits per heavy atom. The van der Waals surface area contributed by atoms with Crippen molar-refractivity contribution in [2.45, 2.75) is 74.7 Å². The van der Waals surface area contributed by atoms with Crippen molar-refractivity contribution in [2.75, 3.05) is 6.61 Å². The summed E-state index contributed by atoms with van der Waals surface area (Å²) in [7, 11) is -0.277. The van der Waals surface area contributed by atoms with Gasteiger partial charge in [-0.15, -0.1) is 0 Å². The number of esters is 1. The zero-order valence-electron chi connectivity index (χ0n) is 21.3. The second-order valence-corrected chi connectivity index (χ2v) is 11.1. The van der Waals surface area contributed by atoms with Crippen molar-refractivity contribution >= 4 is 16.9 Å². The van der Waals surface area contributed by atoms with E-state index in [4.69, 9.17) is 9.47 Å². The number of ether oxygens (including phenoxy) is 2. The summed E-state index contributed by atoms with van der Waals surface area (Å²) in [5.41, 5.74) is 2.04. The van der Waals surface area contributed by atoms with Crippen LogP contribution in [-0.4, -0.2) is 18.2 Å². The standard InChI is InChI=1S/C30H37O3S/c1-7-30(8-2,22(3)4)33-29(31)21-32-25-10-9-11-28(20-25)34(26-16-12-23(5)13-17-26)27-18-14-24(6)15-19-27/h9-20,22H,7-8,21H2,1-6H3/q+1. The Balaban J connectivity index is 1.83. The molecule has 0 heterocycles. The monoisotopic (exact) mass is 477 g/mol. The topological polar surface area (TPSA) is 35.5 Å². The Hall–Kier alpha value is -2.72. The van der Waals surface area contributed by atoms with Crippen LogP contribution in [0.1, 0.15) is 51.7 Å². The lowest BCUT2D eigenvalue weighted by molar-refractivity contribution is -0.168. The summed E-state index contributed by atoms with van der Waals surface area (Å²) in [6.07, 6.45) is 1.58. The van der Waals surface area contributed by atoms with Crippen molar-refractivity contribution in [3.63, 3.8) is 0 Å². The lowest BCUT2D eigenvalue weighted by atomic mass is 9.85. The van der Waals surface area contributed by atoms with Gasteiger partial charge in [0.1, 0.15) is 11.4 Å². The predicted molar refractivity (Wildman–Crippen MR) is 141 cm³/mol. The highest BCUT2D eigenvalue weighted by Gasteiger charge is 2.34. The summed E-state index contributed by atoms with van der Waals surface area (Å²) in [6.45, 7) is 12.4. The van der Waals surface area contributed by atoms with E-state index in [1.54, 1.807) is 0 Å². The first-order chi connectivity index (χ1) is 16.3. The Kier molecular flexibility index (Phi) is 8.84. The van der Waals surface area contributed by atoms with Crippen molar-refractivity contribution in [2.24, 2.45) is 5.92 Å². The lowest BCUT2D eigenvalue weighted by Gasteiger charge is -2.35. The molecule has 0 N–H and O–H groups in total. The van der Waals surface area contributed by atoms with E-state index < -0.39 is 5.60 Å². The van der Waals surface area contributed by atoms with Crippen LogP contribution in [0.4, 0.5) is 0 Å². The van der Waals surface area contributed by atoms with Crippen LogP contribution in [0.25, 0.3) is 0 Å². The van der Waals surface area contributed by atoms with E-state index in [1.807, 2.05) is 18.2 Å². The summed E-state index contributed by atoms with van der Waals surface area (Å²) in [4.78, 5) is 16.3. The summed E-state index contributed by atoms with van der Waals surface area (Å²) >= 11 is 0. The fourth-order valence-electron chi connectivity index (χ4n) is 4.18. The molecule has 0 saturated heterocycles. The Morgan fingerprint density at radius 1 is 0.824 bits per heavy atom. The minimum Gasteiger partial charge on any atom is -0.482 e. The average molecular weight is 478 g/mol. The molecule has 0 bridgehead atoms. The largest absolute Gasteiger partial charge is 0.482 e. The number of carbonyl (C=O) groups excluding carboxylic acids is 1. The van der Waals surface area contributed by atoms with Crippen LogP contribution in [0.2, 0.25) is 0 Å². The molecule has 3 aromatic carbocycles. The summed E-state index contributed by atoms with van der Waals surface area (Å²) < 4.78 is 11.8. The van der Waals surface area contributed by atoms with Crippen molar-refractivity contribution in [1.29, 1.82) is 0 Å². The van der Waals surface area contributed by atoms with Gasteiger partial charge >= 0.3 is 5.97 Å². The Morgan fingerprint density at radius 3 is 1.82 bits per heavy atom. The minimum atomic E-state index is -0.439. The maximum absolute atomic E-state index is 12.6. The van der Waals surface area contributed by atoms with Gasteiger partial charge in [0, 0.05) is 6.07 Å². The second kappa shape index (κ2) is 11.6. The van der Waals surface area contributed by atoms with Gasteiger partial charge in [0.25, 0.3) is 0 Å². The number of hydrogen-bond acceptors (Lipinski definition) is 3. The van der Waals surface area contributed by atoms with Crippen molar-refractivity contribution in [3.8, 4) is 5.75 Å². The van der Waals surface area contributed by atoms with E-state index >= 15 is 0 Å². The summed E-state index contributed by atoms with van der Waals surface area (Å²) in [5.74, 6) is 0.606. The number of benzene rings is 3. The van der Waals surface area contributed by atoms with E-state index in [2.05, 4.69) is 96.1 Å². The molecule has 0 amide bonds. The molecule has 180 valence electrons. The van der Waals surface area contributed by atoms with Crippen LogP contribution in [0.15, 0.2) is 87.5 Å². The molecule has 0 unspecified atom stereocenters. The number of rotatable bonds is 10. The quantitative estimate of drug-likeness (QED) is 0.223. The second-order valence-electron chi connectivity index (χ2n) is 9.10. The molecule has 3 nitrogen and oxygen atoms in total. The van der Waals surface area contributed by atoms with E-state index in [-0.39, 0.29) is 29.4 Å². The Bertz CT molecular complexity index is 1020. The fourth-order valence-corrected chi connectivity index (χ4v) is 6.26. The van der Waals surface area contributed by atoms with Crippen molar-refractivity contribution in [1.82, 2.24) is 0 Å². The molecule has 0 aliphatic rings. The van der Waals surface area contributed by atoms with Gasteiger partial charge in [-0.1, -0.05) is 69.2 Å². The number of aryl methyl sites for hydroxylation is 2. The van der Waals surface area contributed by atoms with Gasteiger partial charge in [0.2, 0.25) is 0 Å². The Labute approximate surface area is 207 Å². The number of carbonyl (C=O) groups is 1. The van der Waals surface area contributed by atoms with Gasteiger partial charge in [-0.05, 0) is 69.0 Å². The van der Waals surface area contributed by atoms with Crippen LogP contribution in [0, 0.1) is 19.8 Å².